The summed E-state index contributed by atoms with van der Waals surface area (Å²) in [4.78, 5) is 23.2. The van der Waals surface area contributed by atoms with Crippen molar-refractivity contribution in [2.45, 2.75) is 38.5 Å². The maximum atomic E-state index is 13.1. The SMILES string of the molecule is O=C(Nc1ccc(F)c(F)c1)OCCCCC#CC#CCCCCOC(=O)Nc1ccc(F)c(F)c1. The van der Waals surface area contributed by atoms with Crippen molar-refractivity contribution in [3.8, 4) is 23.7 Å². The Morgan fingerprint density at radius 2 is 1.06 bits per heavy atom. The van der Waals surface area contributed by atoms with Gasteiger partial charge in [0, 0.05) is 36.3 Å². The Bertz CT molecular complexity index is 1070. The highest BCUT2D eigenvalue weighted by Crippen LogP contribution is 2.14. The van der Waals surface area contributed by atoms with Crippen molar-refractivity contribution in [2.75, 3.05) is 23.8 Å². The number of carbonyl (C=O) groups excluding carboxylic acids is 2. The Morgan fingerprint density at radius 3 is 1.44 bits per heavy atom. The molecule has 190 valence electrons. The van der Waals surface area contributed by atoms with Gasteiger partial charge < -0.3 is 9.47 Å². The Balaban J connectivity index is 1.45. The number of carbonyl (C=O) groups is 2. The first-order valence-electron chi connectivity index (χ1n) is 11.1. The van der Waals surface area contributed by atoms with E-state index in [1.807, 2.05) is 0 Å². The third kappa shape index (κ3) is 11.3. The number of rotatable bonds is 10. The van der Waals surface area contributed by atoms with Gasteiger partial charge in [-0.1, -0.05) is 11.8 Å². The lowest BCUT2D eigenvalue weighted by molar-refractivity contribution is 0.158. The monoisotopic (exact) mass is 504 g/mol. The quantitative estimate of drug-likeness (QED) is 0.223. The molecule has 0 fully saturated rings. The fraction of sp³-hybridized carbons (Fsp3) is 0.308. The van der Waals surface area contributed by atoms with Gasteiger partial charge in [-0.2, -0.15) is 0 Å². The summed E-state index contributed by atoms with van der Waals surface area (Å²) in [6.45, 7) is 0.313. The predicted molar refractivity (Wildman–Crippen MR) is 126 cm³/mol. The zero-order chi connectivity index (χ0) is 26.2. The third-order valence-electron chi connectivity index (χ3n) is 4.43. The molecule has 0 aliphatic carbocycles. The molecule has 0 atom stereocenters. The number of amides is 2. The van der Waals surface area contributed by atoms with Crippen LogP contribution >= 0.6 is 0 Å². The van der Waals surface area contributed by atoms with Crippen LogP contribution in [0.15, 0.2) is 36.4 Å². The molecule has 2 aromatic rings. The van der Waals surface area contributed by atoms with Gasteiger partial charge in [-0.15, -0.1) is 0 Å². The molecule has 0 saturated heterocycles. The summed E-state index contributed by atoms with van der Waals surface area (Å²) in [5, 5.41) is 4.61. The molecular weight excluding hydrogens is 480 g/mol. The molecule has 0 bridgehead atoms. The zero-order valence-corrected chi connectivity index (χ0v) is 19.3. The number of hydrogen-bond acceptors (Lipinski definition) is 4. The molecule has 2 aromatic carbocycles. The van der Waals surface area contributed by atoms with Crippen molar-refractivity contribution in [3.63, 3.8) is 0 Å². The molecule has 2 amide bonds. The van der Waals surface area contributed by atoms with Gasteiger partial charge >= 0.3 is 12.2 Å². The second-order valence-corrected chi connectivity index (χ2v) is 7.30. The standard InChI is InChI=1S/C26H24F4N2O4/c27-21-13-11-19(17-23(21)29)31-25(33)35-15-9-7-5-3-1-2-4-6-8-10-16-36-26(34)32-20-12-14-22(28)24(30)18-20/h11-14,17-18H,5-10,15-16H2,(H,31,33)(H,32,34). The lowest BCUT2D eigenvalue weighted by Gasteiger charge is -2.06. The predicted octanol–water partition coefficient (Wildman–Crippen LogP) is 6.39. The number of ether oxygens (including phenoxy) is 2. The highest BCUT2D eigenvalue weighted by molar-refractivity contribution is 5.85. The molecule has 0 spiro atoms. The number of nitrogens with one attached hydrogen (secondary N) is 2. The minimum absolute atomic E-state index is 0.0982. The van der Waals surface area contributed by atoms with Crippen LogP contribution < -0.4 is 10.6 Å². The van der Waals surface area contributed by atoms with E-state index in [0.717, 1.165) is 24.3 Å². The van der Waals surface area contributed by atoms with E-state index in [-0.39, 0.29) is 24.6 Å². The average molecular weight is 504 g/mol. The van der Waals surface area contributed by atoms with Crippen molar-refractivity contribution in [1.29, 1.82) is 0 Å². The van der Waals surface area contributed by atoms with Crippen LogP contribution in [-0.4, -0.2) is 25.4 Å². The number of anilines is 2. The molecule has 36 heavy (non-hydrogen) atoms. The first kappa shape index (κ1) is 28.1. The molecule has 6 nitrogen and oxygen atoms in total. The van der Waals surface area contributed by atoms with Crippen molar-refractivity contribution in [1.82, 2.24) is 0 Å². The van der Waals surface area contributed by atoms with Gasteiger partial charge in [0.15, 0.2) is 23.3 Å². The van der Waals surface area contributed by atoms with E-state index in [4.69, 9.17) is 9.47 Å². The summed E-state index contributed by atoms with van der Waals surface area (Å²) < 4.78 is 61.8. The fourth-order valence-corrected chi connectivity index (χ4v) is 2.63. The normalized spacial score (nSPS) is 9.78. The number of halogens is 4. The number of unbranched alkanes of at least 4 members (excludes halogenated alkanes) is 4. The van der Waals surface area contributed by atoms with Crippen LogP contribution in [-0.2, 0) is 9.47 Å². The average Bonchev–Trinajstić information content (AvgIpc) is 2.84. The minimum Gasteiger partial charge on any atom is -0.449 e. The molecule has 2 rings (SSSR count). The topological polar surface area (TPSA) is 76.7 Å². The van der Waals surface area contributed by atoms with E-state index in [9.17, 15) is 27.2 Å². The summed E-state index contributed by atoms with van der Waals surface area (Å²) in [5.74, 6) is 7.09. The Labute approximate surface area is 206 Å². The molecule has 0 aromatic heterocycles. The lowest BCUT2D eigenvalue weighted by Crippen LogP contribution is -2.14. The van der Waals surface area contributed by atoms with Crippen LogP contribution in [0.25, 0.3) is 0 Å². The Hall–Kier alpha value is -4.18. The fourth-order valence-electron chi connectivity index (χ4n) is 2.63. The van der Waals surface area contributed by atoms with Crippen molar-refractivity contribution in [2.24, 2.45) is 0 Å². The molecule has 0 aliphatic heterocycles. The molecule has 2 N–H and O–H groups in total. The van der Waals surface area contributed by atoms with Crippen LogP contribution in [0.5, 0.6) is 0 Å². The van der Waals surface area contributed by atoms with E-state index in [1.165, 1.54) is 12.1 Å². The number of hydrogen-bond donors (Lipinski definition) is 2. The smallest absolute Gasteiger partial charge is 0.411 e. The Kier molecular flexibility index (Phi) is 12.2. The maximum absolute atomic E-state index is 13.1. The third-order valence-corrected chi connectivity index (χ3v) is 4.43. The van der Waals surface area contributed by atoms with Gasteiger partial charge in [-0.25, -0.2) is 27.2 Å². The summed E-state index contributed by atoms with van der Waals surface area (Å²) >= 11 is 0. The summed E-state index contributed by atoms with van der Waals surface area (Å²) in [7, 11) is 0. The van der Waals surface area contributed by atoms with Crippen molar-refractivity contribution < 1.29 is 36.6 Å². The first-order chi connectivity index (χ1) is 17.3. The molecule has 0 heterocycles. The summed E-state index contributed by atoms with van der Waals surface area (Å²) in [6.07, 6.45) is 2.18. The van der Waals surface area contributed by atoms with Gasteiger partial charge in [0.25, 0.3) is 0 Å². The van der Waals surface area contributed by atoms with Crippen LogP contribution in [0.4, 0.5) is 38.5 Å². The van der Waals surface area contributed by atoms with Crippen molar-refractivity contribution in [3.05, 3.63) is 59.7 Å². The summed E-state index contributed by atoms with van der Waals surface area (Å²) in [5.41, 5.74) is 0.196. The molecule has 0 unspecified atom stereocenters. The van der Waals surface area contributed by atoms with Gasteiger partial charge in [-0.05, 0) is 61.8 Å². The molecule has 0 aliphatic rings. The van der Waals surface area contributed by atoms with E-state index >= 15 is 0 Å². The summed E-state index contributed by atoms with van der Waals surface area (Å²) in [6, 6.07) is 6.00. The van der Waals surface area contributed by atoms with Gasteiger partial charge in [0.1, 0.15) is 0 Å². The van der Waals surface area contributed by atoms with Gasteiger partial charge in [-0.3, -0.25) is 10.6 Å². The molecule has 0 saturated carbocycles. The van der Waals surface area contributed by atoms with Crippen LogP contribution in [0, 0.1) is 47.0 Å². The second kappa shape index (κ2) is 15.7. The van der Waals surface area contributed by atoms with E-state index in [2.05, 4.69) is 34.3 Å². The maximum Gasteiger partial charge on any atom is 0.411 e. The van der Waals surface area contributed by atoms with Gasteiger partial charge in [0.2, 0.25) is 0 Å². The second-order valence-electron chi connectivity index (χ2n) is 7.30. The van der Waals surface area contributed by atoms with Gasteiger partial charge in [0.05, 0.1) is 13.2 Å². The number of benzene rings is 2. The van der Waals surface area contributed by atoms with E-state index in [1.54, 1.807) is 0 Å². The largest absolute Gasteiger partial charge is 0.449 e. The van der Waals surface area contributed by atoms with E-state index in [0.29, 0.717) is 38.5 Å². The van der Waals surface area contributed by atoms with Crippen molar-refractivity contribution >= 4 is 23.6 Å². The molecule has 0 radical (unpaired) electrons. The highest BCUT2D eigenvalue weighted by Gasteiger charge is 2.07. The molecule has 10 heteroatoms. The zero-order valence-electron chi connectivity index (χ0n) is 19.3. The first-order valence-corrected chi connectivity index (χ1v) is 11.1. The van der Waals surface area contributed by atoms with Crippen LogP contribution in [0.1, 0.15) is 38.5 Å². The van der Waals surface area contributed by atoms with Crippen LogP contribution in [0.2, 0.25) is 0 Å². The highest BCUT2D eigenvalue weighted by atomic mass is 19.2. The molecular formula is C26H24F4N2O4. The Morgan fingerprint density at radius 1 is 0.639 bits per heavy atom. The van der Waals surface area contributed by atoms with Crippen LogP contribution in [0.3, 0.4) is 0 Å². The van der Waals surface area contributed by atoms with E-state index < -0.39 is 35.5 Å². The lowest BCUT2D eigenvalue weighted by atomic mass is 10.2. The minimum atomic E-state index is -1.06.